The van der Waals surface area contributed by atoms with E-state index < -0.39 is 30.8 Å². The minimum Gasteiger partial charge on any atom is -0.444 e. The number of carbonyl (C=O) groups excluding carboxylic acids is 1. The molecule has 0 aliphatic heterocycles. The van der Waals surface area contributed by atoms with Crippen molar-refractivity contribution in [2.24, 2.45) is 7.05 Å². The fraction of sp³-hybridized carbons (Fsp3) is 0.391. The molecule has 1 amide bonds. The molecule has 0 aliphatic carbocycles. The summed E-state index contributed by atoms with van der Waals surface area (Å²) in [6.07, 6.45) is -5.21. The van der Waals surface area contributed by atoms with Crippen molar-refractivity contribution < 1.29 is 37.7 Å². The normalized spacial score (nSPS) is 13.1. The number of aromatic nitrogens is 2. The number of hydrogen-bond acceptors (Lipinski definition) is 6. The van der Waals surface area contributed by atoms with Gasteiger partial charge in [0.2, 0.25) is 0 Å². The number of nitrogens with one attached hydrogen (secondary N) is 1. The molecule has 0 spiro atoms. The average molecular weight is 481 g/mol. The van der Waals surface area contributed by atoms with Crippen LogP contribution in [-0.4, -0.2) is 44.4 Å². The number of ether oxygens (including phenoxy) is 2. The number of rotatable bonds is 6. The summed E-state index contributed by atoms with van der Waals surface area (Å²) in [7, 11) is 1.71. The van der Waals surface area contributed by atoms with Crippen LogP contribution >= 0.6 is 0 Å². The van der Waals surface area contributed by atoms with Gasteiger partial charge in [-0.15, -0.1) is 13.2 Å². The summed E-state index contributed by atoms with van der Waals surface area (Å²) in [6.45, 7) is 4.56. The Balaban J connectivity index is 2.08. The van der Waals surface area contributed by atoms with E-state index in [0.717, 1.165) is 0 Å². The minimum atomic E-state index is -4.81. The summed E-state index contributed by atoms with van der Waals surface area (Å²) in [6, 6.07) is 6.95. The number of amides is 1. The van der Waals surface area contributed by atoms with Crippen molar-refractivity contribution in [3.63, 3.8) is 0 Å². The smallest absolute Gasteiger partial charge is 0.444 e. The summed E-state index contributed by atoms with van der Waals surface area (Å²) in [5, 5.41) is 22.8. The molecular weight excluding hydrogens is 455 g/mol. The molecule has 1 unspecified atom stereocenters. The number of aliphatic hydroxyl groups is 2. The zero-order chi connectivity index (χ0) is 25.3. The van der Waals surface area contributed by atoms with Gasteiger partial charge >= 0.3 is 12.5 Å². The molecule has 3 N–H and O–H groups in total. The Hall–Kier alpha value is -3.31. The van der Waals surface area contributed by atoms with Gasteiger partial charge in [0, 0.05) is 24.7 Å². The maximum absolute atomic E-state index is 12.5. The number of carbonyl (C=O) groups is 1. The lowest BCUT2D eigenvalue weighted by atomic mass is 9.93. The number of halogens is 3. The zero-order valence-corrected chi connectivity index (χ0v) is 19.1. The van der Waals surface area contributed by atoms with Gasteiger partial charge in [0.1, 0.15) is 17.5 Å². The molecule has 0 saturated heterocycles. The molecule has 8 nitrogen and oxygen atoms in total. The van der Waals surface area contributed by atoms with Crippen molar-refractivity contribution in [1.29, 1.82) is 0 Å². The quantitative estimate of drug-likeness (QED) is 0.488. The summed E-state index contributed by atoms with van der Waals surface area (Å²) < 4.78 is 48.4. The third-order valence-corrected chi connectivity index (χ3v) is 4.84. The van der Waals surface area contributed by atoms with E-state index >= 15 is 0 Å². The van der Waals surface area contributed by atoms with E-state index in [9.17, 15) is 28.2 Å². The van der Waals surface area contributed by atoms with Crippen LogP contribution in [0.3, 0.4) is 0 Å². The Bertz CT molecular complexity index is 1170. The summed E-state index contributed by atoms with van der Waals surface area (Å²) >= 11 is 0. The van der Waals surface area contributed by atoms with Crippen LogP contribution in [0.15, 0.2) is 36.7 Å². The number of nitrogens with zero attached hydrogens (tertiary/aromatic N) is 2. The van der Waals surface area contributed by atoms with Gasteiger partial charge in [-0.2, -0.15) is 0 Å². The first-order valence-corrected chi connectivity index (χ1v) is 10.4. The summed E-state index contributed by atoms with van der Waals surface area (Å²) in [5.41, 5.74) is 2.22. The van der Waals surface area contributed by atoms with Crippen molar-refractivity contribution in [2.45, 2.75) is 45.4 Å². The maximum atomic E-state index is 12.5. The molecule has 1 atom stereocenters. The second-order valence-corrected chi connectivity index (χ2v) is 8.68. The predicted molar refractivity (Wildman–Crippen MR) is 118 cm³/mol. The fourth-order valence-electron chi connectivity index (χ4n) is 3.56. The molecule has 11 heteroatoms. The Morgan fingerprint density at radius 3 is 2.41 bits per heavy atom. The van der Waals surface area contributed by atoms with Gasteiger partial charge in [-0.25, -0.2) is 9.78 Å². The highest BCUT2D eigenvalue weighted by Gasteiger charge is 2.31. The summed E-state index contributed by atoms with van der Waals surface area (Å²) in [5.74, 6) is -0.368. The van der Waals surface area contributed by atoms with Crippen LogP contribution in [0.5, 0.6) is 5.75 Å². The van der Waals surface area contributed by atoms with Crippen LogP contribution in [0.1, 0.15) is 38.0 Å². The molecule has 0 bridgehead atoms. The number of alkyl halides is 3. The van der Waals surface area contributed by atoms with Crippen LogP contribution in [0, 0.1) is 0 Å². The van der Waals surface area contributed by atoms with E-state index in [1.165, 1.54) is 30.6 Å². The first-order valence-electron chi connectivity index (χ1n) is 10.4. The molecule has 0 aliphatic rings. The maximum Gasteiger partial charge on any atom is 0.573 e. The minimum absolute atomic E-state index is 0.0370. The number of hydrogen-bond donors (Lipinski definition) is 3. The van der Waals surface area contributed by atoms with Gasteiger partial charge in [0.05, 0.1) is 24.0 Å². The highest BCUT2D eigenvalue weighted by atomic mass is 19.4. The van der Waals surface area contributed by atoms with Crippen LogP contribution < -0.4 is 10.1 Å². The third kappa shape index (κ3) is 5.97. The van der Waals surface area contributed by atoms with E-state index in [2.05, 4.69) is 15.0 Å². The van der Waals surface area contributed by atoms with Crippen molar-refractivity contribution in [1.82, 2.24) is 14.9 Å². The zero-order valence-electron chi connectivity index (χ0n) is 19.1. The van der Waals surface area contributed by atoms with Crippen molar-refractivity contribution in [2.75, 3.05) is 6.61 Å². The number of alkyl carbamates (subject to hydrolysis) is 1. The van der Waals surface area contributed by atoms with Crippen molar-refractivity contribution in [3.05, 3.63) is 47.8 Å². The average Bonchev–Trinajstić information content (AvgIpc) is 3.10. The fourth-order valence-corrected chi connectivity index (χ4v) is 3.56. The Morgan fingerprint density at radius 1 is 1.21 bits per heavy atom. The third-order valence-electron chi connectivity index (χ3n) is 4.84. The standard InChI is InChI=1S/C23H26F3N3O5/c1-22(2,3)34-21(32)27-10-14-9-16(13-5-7-15(8-6-13)33-23(24,25)26)19-20(29(4)12-28-19)18(14)17(31)11-30/h5-9,12,17,30-31H,10-11H2,1-4H3,(H,27,32). The van der Waals surface area contributed by atoms with Crippen molar-refractivity contribution >= 4 is 17.1 Å². The largest absolute Gasteiger partial charge is 0.573 e. The molecule has 3 aromatic rings. The van der Waals surface area contributed by atoms with Gasteiger partial charge in [0.25, 0.3) is 0 Å². The lowest BCUT2D eigenvalue weighted by Gasteiger charge is -2.21. The van der Waals surface area contributed by atoms with Gasteiger partial charge in [-0.05, 0) is 50.1 Å². The van der Waals surface area contributed by atoms with Gasteiger partial charge in [-0.1, -0.05) is 12.1 Å². The molecule has 1 heterocycles. The molecular formula is C23H26F3N3O5. The number of aryl methyl sites for hydroxylation is 1. The lowest BCUT2D eigenvalue weighted by Crippen LogP contribution is -2.32. The van der Waals surface area contributed by atoms with Gasteiger partial charge < -0.3 is 29.6 Å². The van der Waals surface area contributed by atoms with E-state index in [1.54, 1.807) is 38.5 Å². The van der Waals surface area contributed by atoms with Crippen LogP contribution in [0.4, 0.5) is 18.0 Å². The van der Waals surface area contributed by atoms with E-state index in [-0.39, 0.29) is 12.3 Å². The SMILES string of the molecule is Cn1cnc2c(-c3ccc(OC(F)(F)F)cc3)cc(CNC(=O)OC(C)(C)C)c(C(O)CO)c21. The molecule has 1 aromatic heterocycles. The molecule has 0 radical (unpaired) electrons. The van der Waals surface area contributed by atoms with Gasteiger partial charge in [0.15, 0.2) is 0 Å². The second kappa shape index (κ2) is 9.51. The number of benzene rings is 2. The lowest BCUT2D eigenvalue weighted by molar-refractivity contribution is -0.274. The number of aliphatic hydroxyl groups excluding tert-OH is 2. The van der Waals surface area contributed by atoms with Crippen molar-refractivity contribution in [3.8, 4) is 16.9 Å². The Kier molecular flexibility index (Phi) is 7.08. The Labute approximate surface area is 193 Å². The Morgan fingerprint density at radius 2 is 1.85 bits per heavy atom. The van der Waals surface area contributed by atoms with Crippen LogP contribution in [0.2, 0.25) is 0 Å². The first-order chi connectivity index (χ1) is 15.8. The molecule has 184 valence electrons. The summed E-state index contributed by atoms with van der Waals surface area (Å²) in [4.78, 5) is 16.6. The molecule has 34 heavy (non-hydrogen) atoms. The first kappa shape index (κ1) is 25.3. The number of fused-ring (bicyclic) bond motifs is 1. The molecule has 0 fully saturated rings. The predicted octanol–water partition coefficient (Wildman–Crippen LogP) is 4.19. The highest BCUT2D eigenvalue weighted by Crippen LogP contribution is 2.36. The molecule has 3 rings (SSSR count). The van der Waals surface area contributed by atoms with Gasteiger partial charge in [-0.3, -0.25) is 0 Å². The van der Waals surface area contributed by atoms with E-state index in [0.29, 0.717) is 33.3 Å². The second-order valence-electron chi connectivity index (χ2n) is 8.68. The van der Waals surface area contributed by atoms with Crippen LogP contribution in [-0.2, 0) is 18.3 Å². The monoisotopic (exact) mass is 481 g/mol. The number of imidazole rings is 1. The van der Waals surface area contributed by atoms with E-state index in [4.69, 9.17) is 4.74 Å². The molecule has 0 saturated carbocycles. The van der Waals surface area contributed by atoms with E-state index in [1.807, 2.05) is 0 Å². The molecule has 2 aromatic carbocycles. The highest BCUT2D eigenvalue weighted by molar-refractivity contribution is 5.95. The topological polar surface area (TPSA) is 106 Å². The van der Waals surface area contributed by atoms with Crippen LogP contribution in [0.25, 0.3) is 22.2 Å².